The van der Waals surface area contributed by atoms with Crippen LogP contribution in [0.3, 0.4) is 0 Å². The fourth-order valence-electron chi connectivity index (χ4n) is 1.48. The minimum Gasteiger partial charge on any atom is -0.379 e. The number of amides is 1. The number of rotatable bonds is 2. The summed E-state index contributed by atoms with van der Waals surface area (Å²) in [7, 11) is 0. The van der Waals surface area contributed by atoms with Gasteiger partial charge in [0.25, 0.3) is 0 Å². The molecule has 1 atom stereocenters. The van der Waals surface area contributed by atoms with Crippen LogP contribution >= 0.6 is 0 Å². The van der Waals surface area contributed by atoms with Crippen molar-refractivity contribution in [1.82, 2.24) is 10.2 Å². The highest BCUT2D eigenvalue weighted by Crippen LogP contribution is 2.17. The number of aromatic nitrogens is 2. The summed E-state index contributed by atoms with van der Waals surface area (Å²) in [5.74, 6) is 0.251. The van der Waals surface area contributed by atoms with Crippen LogP contribution in [-0.4, -0.2) is 34.9 Å². The molecule has 1 fully saturated rings. The number of hydrogen-bond acceptors (Lipinski definition) is 4. The van der Waals surface area contributed by atoms with Gasteiger partial charge in [0, 0.05) is 18.4 Å². The number of hydrogen-bond donors (Lipinski definition) is 3. The summed E-state index contributed by atoms with van der Waals surface area (Å²) in [5.41, 5.74) is 5.86. The second-order valence-corrected chi connectivity index (χ2v) is 3.85. The Kier molecular flexibility index (Phi) is 2.45. The molecule has 1 aliphatic rings. The third-order valence-electron chi connectivity index (χ3n) is 2.45. The third kappa shape index (κ3) is 2.00. The number of nitrogens with one attached hydrogen (secondary N) is 2. The van der Waals surface area contributed by atoms with Crippen molar-refractivity contribution in [3.05, 3.63) is 11.8 Å². The Hall–Kier alpha value is -1.40. The van der Waals surface area contributed by atoms with Crippen molar-refractivity contribution in [2.75, 3.05) is 18.5 Å². The summed E-state index contributed by atoms with van der Waals surface area (Å²) < 4.78 is 5.11. The van der Waals surface area contributed by atoms with Gasteiger partial charge in [0.05, 0.1) is 6.61 Å². The van der Waals surface area contributed by atoms with E-state index in [-0.39, 0.29) is 12.5 Å². The second-order valence-electron chi connectivity index (χ2n) is 3.85. The van der Waals surface area contributed by atoms with Gasteiger partial charge in [-0.2, -0.15) is 5.10 Å². The first-order valence-corrected chi connectivity index (χ1v) is 4.80. The van der Waals surface area contributed by atoms with Gasteiger partial charge in [0.15, 0.2) is 5.82 Å². The van der Waals surface area contributed by atoms with Gasteiger partial charge < -0.3 is 15.8 Å². The number of nitrogens with two attached hydrogens (primary N) is 1. The van der Waals surface area contributed by atoms with E-state index >= 15 is 0 Å². The third-order valence-corrected chi connectivity index (χ3v) is 2.45. The highest BCUT2D eigenvalue weighted by Gasteiger charge is 2.38. The predicted molar refractivity (Wildman–Crippen MR) is 54.3 cm³/mol. The van der Waals surface area contributed by atoms with Gasteiger partial charge >= 0.3 is 0 Å². The molecule has 0 saturated carbocycles. The Balaban J connectivity index is 2.03. The van der Waals surface area contributed by atoms with Crippen LogP contribution in [0.2, 0.25) is 0 Å². The lowest BCUT2D eigenvalue weighted by Crippen LogP contribution is -2.51. The Morgan fingerprint density at radius 2 is 2.60 bits per heavy atom. The van der Waals surface area contributed by atoms with Crippen molar-refractivity contribution in [3.8, 4) is 0 Å². The summed E-state index contributed by atoms with van der Waals surface area (Å²) in [6, 6.07) is 1.75. The van der Waals surface area contributed by atoms with Crippen LogP contribution in [0.4, 0.5) is 5.82 Å². The van der Waals surface area contributed by atoms with Gasteiger partial charge in [-0.1, -0.05) is 0 Å². The van der Waals surface area contributed by atoms with Crippen molar-refractivity contribution in [3.63, 3.8) is 0 Å². The molecule has 1 aromatic rings. The van der Waals surface area contributed by atoms with Crippen molar-refractivity contribution < 1.29 is 9.53 Å². The van der Waals surface area contributed by atoms with Crippen LogP contribution in [-0.2, 0) is 9.53 Å². The number of anilines is 1. The van der Waals surface area contributed by atoms with Crippen LogP contribution in [0.1, 0.15) is 12.1 Å². The fourth-order valence-corrected chi connectivity index (χ4v) is 1.48. The standard InChI is InChI=1S/C9H14N4O2/c1-6-4-7(13-12-6)11-8(14)9(10)2-3-15-5-9/h4H,2-3,5,10H2,1H3,(H2,11,12,13,14). The van der Waals surface area contributed by atoms with Gasteiger partial charge in [-0.25, -0.2) is 0 Å². The summed E-state index contributed by atoms with van der Waals surface area (Å²) >= 11 is 0. The van der Waals surface area contributed by atoms with Gasteiger partial charge in [0.1, 0.15) is 5.54 Å². The van der Waals surface area contributed by atoms with E-state index in [2.05, 4.69) is 15.5 Å². The minimum atomic E-state index is -0.910. The fraction of sp³-hybridized carbons (Fsp3) is 0.556. The molecule has 2 heterocycles. The summed E-state index contributed by atoms with van der Waals surface area (Å²) in [5, 5.41) is 9.30. The Bertz CT molecular complexity index is 368. The SMILES string of the molecule is Cc1cc(NC(=O)C2(N)CCOC2)n[nH]1. The van der Waals surface area contributed by atoms with E-state index in [4.69, 9.17) is 10.5 Å². The largest absolute Gasteiger partial charge is 0.379 e. The van der Waals surface area contributed by atoms with E-state index in [1.54, 1.807) is 6.07 Å². The molecule has 0 aliphatic carbocycles. The smallest absolute Gasteiger partial charge is 0.248 e. The zero-order valence-corrected chi connectivity index (χ0v) is 8.54. The average molecular weight is 210 g/mol. The quantitative estimate of drug-likeness (QED) is 0.628. The monoisotopic (exact) mass is 210 g/mol. The van der Waals surface area contributed by atoms with E-state index in [1.807, 2.05) is 6.92 Å². The maximum Gasteiger partial charge on any atom is 0.248 e. The van der Waals surface area contributed by atoms with Crippen LogP contribution in [0.25, 0.3) is 0 Å². The first-order chi connectivity index (χ1) is 7.10. The summed E-state index contributed by atoms with van der Waals surface area (Å²) in [6.07, 6.45) is 0.544. The van der Waals surface area contributed by atoms with Gasteiger partial charge in [-0.3, -0.25) is 9.89 Å². The lowest BCUT2D eigenvalue weighted by Gasteiger charge is -2.19. The number of H-pyrrole nitrogens is 1. The maximum atomic E-state index is 11.8. The van der Waals surface area contributed by atoms with E-state index in [0.717, 1.165) is 5.69 Å². The Morgan fingerprint density at radius 3 is 3.13 bits per heavy atom. The van der Waals surface area contributed by atoms with Crippen LogP contribution in [0.5, 0.6) is 0 Å². The van der Waals surface area contributed by atoms with Crippen LogP contribution in [0.15, 0.2) is 6.07 Å². The molecule has 1 aliphatic heterocycles. The lowest BCUT2D eigenvalue weighted by atomic mass is 9.99. The molecule has 82 valence electrons. The number of carbonyl (C=O) groups is 1. The molecule has 1 amide bonds. The summed E-state index contributed by atoms with van der Waals surface area (Å²) in [6.45, 7) is 2.66. The molecule has 6 heteroatoms. The number of nitrogens with zero attached hydrogens (tertiary/aromatic N) is 1. The molecule has 1 saturated heterocycles. The van der Waals surface area contributed by atoms with Crippen LogP contribution in [0, 0.1) is 6.92 Å². The zero-order chi connectivity index (χ0) is 10.9. The van der Waals surface area contributed by atoms with Crippen molar-refractivity contribution in [2.24, 2.45) is 5.73 Å². The van der Waals surface area contributed by atoms with Crippen molar-refractivity contribution in [2.45, 2.75) is 18.9 Å². The number of aromatic amines is 1. The van der Waals surface area contributed by atoms with E-state index in [9.17, 15) is 4.79 Å². The molecule has 1 aromatic heterocycles. The van der Waals surface area contributed by atoms with Gasteiger partial charge in [-0.15, -0.1) is 0 Å². The molecule has 4 N–H and O–H groups in total. The highest BCUT2D eigenvalue weighted by atomic mass is 16.5. The van der Waals surface area contributed by atoms with Gasteiger partial charge in [-0.05, 0) is 13.3 Å². The molecular weight excluding hydrogens is 196 g/mol. The minimum absolute atomic E-state index is 0.244. The molecule has 0 bridgehead atoms. The molecule has 0 spiro atoms. The van der Waals surface area contributed by atoms with Gasteiger partial charge in [0.2, 0.25) is 5.91 Å². The molecule has 6 nitrogen and oxygen atoms in total. The topological polar surface area (TPSA) is 93.0 Å². The molecule has 0 aromatic carbocycles. The van der Waals surface area contributed by atoms with E-state index in [0.29, 0.717) is 18.8 Å². The first kappa shape index (κ1) is 10.1. The molecule has 2 rings (SSSR count). The van der Waals surface area contributed by atoms with Crippen LogP contribution < -0.4 is 11.1 Å². The Morgan fingerprint density at radius 1 is 1.80 bits per heavy atom. The second kappa shape index (κ2) is 3.63. The molecular formula is C9H14N4O2. The average Bonchev–Trinajstić information content (AvgIpc) is 2.76. The zero-order valence-electron chi connectivity index (χ0n) is 8.54. The normalized spacial score (nSPS) is 25.5. The lowest BCUT2D eigenvalue weighted by molar-refractivity contribution is -0.121. The van der Waals surface area contributed by atoms with Crippen molar-refractivity contribution in [1.29, 1.82) is 0 Å². The molecule has 15 heavy (non-hydrogen) atoms. The first-order valence-electron chi connectivity index (χ1n) is 4.80. The Labute approximate surface area is 87.2 Å². The van der Waals surface area contributed by atoms with E-state index in [1.165, 1.54) is 0 Å². The predicted octanol–water partition coefficient (Wildman–Crippen LogP) is -0.226. The number of carbonyl (C=O) groups excluding carboxylic acids is 1. The highest BCUT2D eigenvalue weighted by molar-refractivity contribution is 5.97. The van der Waals surface area contributed by atoms with Crippen molar-refractivity contribution >= 4 is 11.7 Å². The number of aryl methyl sites for hydroxylation is 1. The summed E-state index contributed by atoms with van der Waals surface area (Å²) in [4.78, 5) is 11.8. The molecule has 1 unspecified atom stereocenters. The van der Waals surface area contributed by atoms with E-state index < -0.39 is 5.54 Å². The maximum absolute atomic E-state index is 11.8. The number of ether oxygens (including phenoxy) is 1. The molecule has 0 radical (unpaired) electrons.